The molecular weight excluding hydrogens is 330 g/mol. The molecule has 2 aliphatic heterocycles. The Morgan fingerprint density at radius 2 is 1.96 bits per heavy atom. The third-order valence-corrected chi connectivity index (χ3v) is 5.42. The molecule has 2 fully saturated rings. The van der Waals surface area contributed by atoms with Crippen LogP contribution in [0.2, 0.25) is 0 Å². The zero-order valence-corrected chi connectivity index (χ0v) is 15.1. The van der Waals surface area contributed by atoms with Gasteiger partial charge in [-0.05, 0) is 25.0 Å². The van der Waals surface area contributed by atoms with E-state index in [1.165, 1.54) is 0 Å². The lowest BCUT2D eigenvalue weighted by Crippen LogP contribution is -2.43. The van der Waals surface area contributed by atoms with Crippen LogP contribution in [-0.4, -0.2) is 58.5 Å². The molecule has 0 aliphatic carbocycles. The Morgan fingerprint density at radius 3 is 2.62 bits per heavy atom. The molecule has 0 unspecified atom stereocenters. The maximum Gasteiger partial charge on any atom is 0.162 e. The largest absolute Gasteiger partial charge is 0.496 e. The summed E-state index contributed by atoms with van der Waals surface area (Å²) < 4.78 is 11.3. The summed E-state index contributed by atoms with van der Waals surface area (Å²) in [5.41, 5.74) is 1.91. The fraction of sp³-hybridized carbons (Fsp3) is 0.500. The molecule has 3 heterocycles. The molecule has 1 aromatic heterocycles. The quantitative estimate of drug-likeness (QED) is 0.907. The number of hydrogen-bond acceptors (Lipinski definition) is 6. The normalized spacial score (nSPS) is 22.6. The van der Waals surface area contributed by atoms with Crippen molar-refractivity contribution in [2.75, 3.05) is 26.8 Å². The molecule has 1 aromatic carbocycles. The minimum Gasteiger partial charge on any atom is -0.496 e. The van der Waals surface area contributed by atoms with E-state index in [0.717, 1.165) is 55.8 Å². The first-order valence-corrected chi connectivity index (χ1v) is 9.16. The SMILES string of the molecule is COc1ccccc1-c1ncc(CN2CCC3(CC2)C[C@H](O)CO3)cn1. The highest BCUT2D eigenvalue weighted by Crippen LogP contribution is 2.36. The van der Waals surface area contributed by atoms with Gasteiger partial charge >= 0.3 is 0 Å². The first kappa shape index (κ1) is 17.4. The van der Waals surface area contributed by atoms with Crippen LogP contribution in [0.1, 0.15) is 24.8 Å². The van der Waals surface area contributed by atoms with Gasteiger partial charge in [0, 0.05) is 44.0 Å². The number of aromatic nitrogens is 2. The molecule has 1 atom stereocenters. The lowest BCUT2D eigenvalue weighted by molar-refractivity contribution is -0.0456. The van der Waals surface area contributed by atoms with Gasteiger partial charge in [0.15, 0.2) is 5.82 Å². The minimum atomic E-state index is -0.294. The minimum absolute atomic E-state index is 0.0971. The van der Waals surface area contributed by atoms with Gasteiger partial charge in [0.1, 0.15) is 5.75 Å². The van der Waals surface area contributed by atoms with Gasteiger partial charge in [0.25, 0.3) is 0 Å². The molecule has 2 aromatic rings. The van der Waals surface area contributed by atoms with Crippen LogP contribution in [-0.2, 0) is 11.3 Å². The highest BCUT2D eigenvalue weighted by Gasteiger charge is 2.42. The number of rotatable bonds is 4. The summed E-state index contributed by atoms with van der Waals surface area (Å²) in [6.45, 7) is 3.27. The molecule has 26 heavy (non-hydrogen) atoms. The summed E-state index contributed by atoms with van der Waals surface area (Å²) in [6, 6.07) is 7.78. The molecule has 6 heteroatoms. The number of piperidine rings is 1. The Balaban J connectivity index is 1.38. The highest BCUT2D eigenvalue weighted by atomic mass is 16.5. The summed E-state index contributed by atoms with van der Waals surface area (Å²) in [6.07, 6.45) is 6.23. The van der Waals surface area contributed by atoms with Crippen LogP contribution in [0.4, 0.5) is 0 Å². The summed E-state index contributed by atoms with van der Waals surface area (Å²) in [7, 11) is 1.66. The standard InChI is InChI=1S/C20H25N3O3/c1-25-18-5-3-2-4-17(18)19-21-11-15(12-22-19)13-23-8-6-20(7-9-23)10-16(24)14-26-20/h2-5,11-12,16,24H,6-10,13-14H2,1H3/t16-/m0/s1. The van der Waals surface area contributed by atoms with Crippen molar-refractivity contribution >= 4 is 0 Å². The van der Waals surface area contributed by atoms with E-state index in [-0.39, 0.29) is 11.7 Å². The predicted molar refractivity (Wildman–Crippen MR) is 97.8 cm³/mol. The van der Waals surface area contributed by atoms with E-state index < -0.39 is 0 Å². The molecule has 138 valence electrons. The lowest BCUT2D eigenvalue weighted by Gasteiger charge is -2.38. The van der Waals surface area contributed by atoms with Gasteiger partial charge in [0.05, 0.1) is 31.0 Å². The fourth-order valence-electron chi connectivity index (χ4n) is 3.95. The van der Waals surface area contributed by atoms with Gasteiger partial charge in [0.2, 0.25) is 0 Å². The van der Waals surface area contributed by atoms with Crippen LogP contribution in [0.15, 0.2) is 36.7 Å². The molecule has 0 amide bonds. The van der Waals surface area contributed by atoms with Gasteiger partial charge in [-0.25, -0.2) is 9.97 Å². The summed E-state index contributed by atoms with van der Waals surface area (Å²) in [5.74, 6) is 1.46. The number of benzene rings is 1. The molecule has 6 nitrogen and oxygen atoms in total. The number of likely N-dealkylation sites (tertiary alicyclic amines) is 1. The van der Waals surface area contributed by atoms with E-state index >= 15 is 0 Å². The summed E-state index contributed by atoms with van der Waals surface area (Å²) in [4.78, 5) is 11.5. The van der Waals surface area contributed by atoms with Crippen LogP contribution in [0.5, 0.6) is 5.75 Å². The summed E-state index contributed by atoms with van der Waals surface area (Å²) in [5, 5.41) is 9.74. The smallest absolute Gasteiger partial charge is 0.162 e. The second kappa shape index (κ2) is 7.31. The van der Waals surface area contributed by atoms with Crippen LogP contribution >= 0.6 is 0 Å². The Labute approximate surface area is 153 Å². The van der Waals surface area contributed by atoms with Gasteiger partial charge in [-0.1, -0.05) is 12.1 Å². The fourth-order valence-corrected chi connectivity index (χ4v) is 3.95. The van der Waals surface area contributed by atoms with Crippen molar-refractivity contribution in [2.45, 2.75) is 37.5 Å². The van der Waals surface area contributed by atoms with E-state index in [0.29, 0.717) is 12.4 Å². The van der Waals surface area contributed by atoms with Crippen molar-refractivity contribution < 1.29 is 14.6 Å². The molecule has 4 rings (SSSR count). The third-order valence-electron chi connectivity index (χ3n) is 5.42. The first-order valence-electron chi connectivity index (χ1n) is 9.16. The zero-order valence-electron chi connectivity index (χ0n) is 15.1. The van der Waals surface area contributed by atoms with Crippen molar-refractivity contribution in [1.29, 1.82) is 0 Å². The van der Waals surface area contributed by atoms with Crippen molar-refractivity contribution in [3.05, 3.63) is 42.2 Å². The Morgan fingerprint density at radius 1 is 1.23 bits per heavy atom. The Kier molecular flexibility index (Phi) is 4.89. The predicted octanol–water partition coefficient (Wildman–Crippen LogP) is 2.27. The maximum atomic E-state index is 9.74. The molecule has 1 N–H and O–H groups in total. The number of methoxy groups -OCH3 is 1. The molecule has 2 saturated heterocycles. The van der Waals surface area contributed by atoms with Crippen LogP contribution in [0.3, 0.4) is 0 Å². The topological polar surface area (TPSA) is 67.7 Å². The summed E-state index contributed by atoms with van der Waals surface area (Å²) >= 11 is 0. The number of para-hydroxylation sites is 1. The van der Waals surface area contributed by atoms with Crippen molar-refractivity contribution in [2.24, 2.45) is 0 Å². The molecule has 0 bridgehead atoms. The van der Waals surface area contributed by atoms with Crippen molar-refractivity contribution in [1.82, 2.24) is 14.9 Å². The average molecular weight is 355 g/mol. The maximum absolute atomic E-state index is 9.74. The Hall–Kier alpha value is -2.02. The highest BCUT2D eigenvalue weighted by molar-refractivity contribution is 5.63. The van der Waals surface area contributed by atoms with Crippen LogP contribution < -0.4 is 4.74 Å². The van der Waals surface area contributed by atoms with E-state index in [9.17, 15) is 5.11 Å². The second-order valence-corrected chi connectivity index (χ2v) is 7.24. The first-order chi connectivity index (χ1) is 12.7. The number of nitrogens with zero attached hydrogens (tertiary/aromatic N) is 3. The van der Waals surface area contributed by atoms with Crippen molar-refractivity contribution in [3.8, 4) is 17.1 Å². The third kappa shape index (κ3) is 3.58. The molecule has 1 spiro atoms. The molecule has 0 saturated carbocycles. The van der Waals surface area contributed by atoms with E-state index in [4.69, 9.17) is 9.47 Å². The van der Waals surface area contributed by atoms with Gasteiger partial charge in [-0.15, -0.1) is 0 Å². The van der Waals surface area contributed by atoms with Crippen LogP contribution in [0.25, 0.3) is 11.4 Å². The van der Waals surface area contributed by atoms with E-state index in [1.54, 1.807) is 7.11 Å². The molecule has 2 aliphatic rings. The van der Waals surface area contributed by atoms with E-state index in [1.807, 2.05) is 36.7 Å². The number of hydrogen-bond donors (Lipinski definition) is 1. The lowest BCUT2D eigenvalue weighted by atomic mass is 9.88. The zero-order chi connectivity index (χ0) is 18.0. The number of aliphatic hydroxyl groups excluding tert-OH is 1. The van der Waals surface area contributed by atoms with Crippen molar-refractivity contribution in [3.63, 3.8) is 0 Å². The average Bonchev–Trinajstić information content (AvgIpc) is 3.05. The Bertz CT molecular complexity index is 742. The second-order valence-electron chi connectivity index (χ2n) is 7.24. The monoisotopic (exact) mass is 355 g/mol. The molecular formula is C20H25N3O3. The number of ether oxygens (including phenoxy) is 2. The van der Waals surface area contributed by atoms with Gasteiger partial charge < -0.3 is 14.6 Å². The van der Waals surface area contributed by atoms with Gasteiger partial charge in [-0.2, -0.15) is 0 Å². The van der Waals surface area contributed by atoms with E-state index in [2.05, 4.69) is 14.9 Å². The molecule has 0 radical (unpaired) electrons. The van der Waals surface area contributed by atoms with Gasteiger partial charge in [-0.3, -0.25) is 4.90 Å². The van der Waals surface area contributed by atoms with Crippen LogP contribution in [0, 0.1) is 0 Å². The number of aliphatic hydroxyl groups is 1.